The maximum atomic E-state index is 11.3. The van der Waals surface area contributed by atoms with E-state index in [9.17, 15) is 4.79 Å². The van der Waals surface area contributed by atoms with Crippen molar-refractivity contribution in [3.63, 3.8) is 0 Å². The summed E-state index contributed by atoms with van der Waals surface area (Å²) in [6.45, 7) is 4.19. The molecule has 0 radical (unpaired) electrons. The van der Waals surface area contributed by atoms with Crippen LogP contribution in [0.4, 0.5) is 0 Å². The van der Waals surface area contributed by atoms with Crippen LogP contribution in [0.15, 0.2) is 42.5 Å². The van der Waals surface area contributed by atoms with Crippen LogP contribution in [0.2, 0.25) is 0 Å². The molecule has 0 heterocycles. The van der Waals surface area contributed by atoms with Crippen molar-refractivity contribution in [3.05, 3.63) is 59.2 Å². The second kappa shape index (κ2) is 6.55. The third-order valence-corrected chi connectivity index (χ3v) is 3.47. The van der Waals surface area contributed by atoms with Crippen molar-refractivity contribution in [2.45, 2.75) is 26.3 Å². The molecule has 0 amide bonds. The predicted octanol–water partition coefficient (Wildman–Crippen LogP) is 3.01. The number of methoxy groups -OCH3 is 1. The topological polar surface area (TPSA) is 52.3 Å². The summed E-state index contributed by atoms with van der Waals surface area (Å²) < 4.78 is 4.64. The molecule has 21 heavy (non-hydrogen) atoms. The van der Waals surface area contributed by atoms with Crippen molar-refractivity contribution in [2.24, 2.45) is 5.73 Å². The summed E-state index contributed by atoms with van der Waals surface area (Å²) >= 11 is 0. The molecule has 0 aromatic heterocycles. The van der Waals surface area contributed by atoms with Gasteiger partial charge in [0.2, 0.25) is 0 Å². The van der Waals surface area contributed by atoms with Crippen LogP contribution in [0.1, 0.15) is 16.7 Å². The molecule has 2 rings (SSSR count). The highest BCUT2D eigenvalue weighted by Gasteiger charge is 2.14. The number of carbonyl (C=O) groups is 1. The second-order valence-corrected chi connectivity index (χ2v) is 5.41. The van der Waals surface area contributed by atoms with E-state index < -0.39 is 6.04 Å². The van der Waals surface area contributed by atoms with E-state index in [-0.39, 0.29) is 5.97 Å². The third-order valence-electron chi connectivity index (χ3n) is 3.47. The van der Waals surface area contributed by atoms with Crippen molar-refractivity contribution in [1.82, 2.24) is 0 Å². The molecule has 0 bridgehead atoms. The Kier molecular flexibility index (Phi) is 4.76. The molecule has 0 saturated heterocycles. The van der Waals surface area contributed by atoms with Gasteiger partial charge < -0.3 is 10.5 Å². The molecule has 3 heteroatoms. The zero-order valence-corrected chi connectivity index (χ0v) is 12.7. The summed E-state index contributed by atoms with van der Waals surface area (Å²) in [5.41, 5.74) is 11.7. The Labute approximate surface area is 125 Å². The van der Waals surface area contributed by atoms with Gasteiger partial charge in [0.15, 0.2) is 0 Å². The minimum Gasteiger partial charge on any atom is -0.468 e. The van der Waals surface area contributed by atoms with Gasteiger partial charge in [-0.15, -0.1) is 0 Å². The summed E-state index contributed by atoms with van der Waals surface area (Å²) in [6, 6.07) is 14.0. The van der Waals surface area contributed by atoms with Crippen molar-refractivity contribution in [3.8, 4) is 11.1 Å². The fourth-order valence-electron chi connectivity index (χ4n) is 2.46. The maximum Gasteiger partial charge on any atom is 0.322 e. The van der Waals surface area contributed by atoms with Crippen molar-refractivity contribution in [2.75, 3.05) is 7.11 Å². The molecule has 0 saturated carbocycles. The van der Waals surface area contributed by atoms with E-state index in [0.29, 0.717) is 6.42 Å². The van der Waals surface area contributed by atoms with E-state index in [0.717, 1.165) is 11.1 Å². The molecule has 0 aliphatic heterocycles. The first-order valence-corrected chi connectivity index (χ1v) is 7.00. The molecule has 1 unspecified atom stereocenters. The van der Waals surface area contributed by atoms with Gasteiger partial charge in [0.05, 0.1) is 7.11 Å². The first kappa shape index (κ1) is 15.3. The van der Waals surface area contributed by atoms with Crippen LogP contribution in [0.3, 0.4) is 0 Å². The van der Waals surface area contributed by atoms with Gasteiger partial charge in [-0.2, -0.15) is 0 Å². The van der Waals surface area contributed by atoms with Gasteiger partial charge in [0, 0.05) is 0 Å². The van der Waals surface area contributed by atoms with Crippen molar-refractivity contribution in [1.29, 1.82) is 0 Å². The molecule has 2 aromatic carbocycles. The van der Waals surface area contributed by atoms with E-state index >= 15 is 0 Å². The molecule has 2 aromatic rings. The number of aryl methyl sites for hydroxylation is 2. The number of hydrogen-bond donors (Lipinski definition) is 1. The Morgan fingerprint density at radius 3 is 2.14 bits per heavy atom. The van der Waals surface area contributed by atoms with E-state index in [1.165, 1.54) is 23.8 Å². The van der Waals surface area contributed by atoms with Crippen molar-refractivity contribution >= 4 is 5.97 Å². The number of nitrogens with two attached hydrogens (primary N) is 1. The van der Waals surface area contributed by atoms with Gasteiger partial charge >= 0.3 is 5.97 Å². The molecule has 110 valence electrons. The lowest BCUT2D eigenvalue weighted by atomic mass is 9.98. The van der Waals surface area contributed by atoms with E-state index in [1.807, 2.05) is 12.1 Å². The average molecular weight is 283 g/mol. The maximum absolute atomic E-state index is 11.3. The van der Waals surface area contributed by atoms with Gasteiger partial charge in [-0.3, -0.25) is 4.79 Å². The molecule has 0 aliphatic carbocycles. The Morgan fingerprint density at radius 2 is 1.62 bits per heavy atom. The third kappa shape index (κ3) is 3.92. The zero-order valence-electron chi connectivity index (χ0n) is 12.7. The smallest absolute Gasteiger partial charge is 0.322 e. The SMILES string of the molecule is COC(=O)C(N)Cc1ccc(-c2cc(C)cc(C)c2)cc1. The van der Waals surface area contributed by atoms with Crippen LogP contribution in [0.25, 0.3) is 11.1 Å². The zero-order chi connectivity index (χ0) is 15.4. The van der Waals surface area contributed by atoms with E-state index in [1.54, 1.807) is 0 Å². The monoisotopic (exact) mass is 283 g/mol. The predicted molar refractivity (Wildman–Crippen MR) is 85.0 cm³/mol. The van der Waals surface area contributed by atoms with Gasteiger partial charge in [-0.1, -0.05) is 53.6 Å². The lowest BCUT2D eigenvalue weighted by Gasteiger charge is -2.10. The number of hydrogen-bond acceptors (Lipinski definition) is 3. The van der Waals surface area contributed by atoms with Crippen LogP contribution in [0.5, 0.6) is 0 Å². The molecular weight excluding hydrogens is 262 g/mol. The van der Waals surface area contributed by atoms with Crippen LogP contribution in [-0.4, -0.2) is 19.1 Å². The number of ether oxygens (including phenoxy) is 1. The lowest BCUT2D eigenvalue weighted by Crippen LogP contribution is -2.33. The molecule has 0 aliphatic rings. The fraction of sp³-hybridized carbons (Fsp3) is 0.278. The standard InChI is InChI=1S/C18H21NO2/c1-12-8-13(2)10-16(9-12)15-6-4-14(5-7-15)11-17(19)18(20)21-3/h4-10,17H,11,19H2,1-3H3. The first-order chi connectivity index (χ1) is 9.99. The lowest BCUT2D eigenvalue weighted by molar-refractivity contribution is -0.142. The first-order valence-electron chi connectivity index (χ1n) is 7.00. The second-order valence-electron chi connectivity index (χ2n) is 5.41. The largest absolute Gasteiger partial charge is 0.468 e. The van der Waals surface area contributed by atoms with Gasteiger partial charge in [0.25, 0.3) is 0 Å². The minimum absolute atomic E-state index is 0.381. The summed E-state index contributed by atoms with van der Waals surface area (Å²) in [5.74, 6) is -0.381. The molecule has 0 fully saturated rings. The Balaban J connectivity index is 2.17. The summed E-state index contributed by atoms with van der Waals surface area (Å²) in [4.78, 5) is 11.3. The molecule has 3 nitrogen and oxygen atoms in total. The molecule has 0 spiro atoms. The number of rotatable bonds is 4. The van der Waals surface area contributed by atoms with Gasteiger partial charge in [0.1, 0.15) is 6.04 Å². The highest BCUT2D eigenvalue weighted by molar-refractivity contribution is 5.75. The van der Waals surface area contributed by atoms with Crippen LogP contribution in [0, 0.1) is 13.8 Å². The van der Waals surface area contributed by atoms with E-state index in [4.69, 9.17) is 5.73 Å². The average Bonchev–Trinajstić information content (AvgIpc) is 2.46. The highest BCUT2D eigenvalue weighted by atomic mass is 16.5. The van der Waals surface area contributed by atoms with Crippen LogP contribution >= 0.6 is 0 Å². The molecular formula is C18H21NO2. The normalized spacial score (nSPS) is 12.0. The quantitative estimate of drug-likeness (QED) is 0.878. The summed E-state index contributed by atoms with van der Waals surface area (Å²) in [5, 5.41) is 0. The fourth-order valence-corrected chi connectivity index (χ4v) is 2.46. The van der Waals surface area contributed by atoms with Crippen LogP contribution < -0.4 is 5.73 Å². The number of benzene rings is 2. The molecule has 2 N–H and O–H groups in total. The summed E-state index contributed by atoms with van der Waals surface area (Å²) in [7, 11) is 1.35. The van der Waals surface area contributed by atoms with Crippen molar-refractivity contribution < 1.29 is 9.53 Å². The molecule has 1 atom stereocenters. The Bertz CT molecular complexity index is 612. The van der Waals surface area contributed by atoms with Gasteiger partial charge in [-0.05, 0) is 37.0 Å². The van der Waals surface area contributed by atoms with Gasteiger partial charge in [-0.25, -0.2) is 0 Å². The Morgan fingerprint density at radius 1 is 1.05 bits per heavy atom. The Hall–Kier alpha value is -2.13. The van der Waals surface area contributed by atoms with Crippen LogP contribution in [-0.2, 0) is 16.0 Å². The summed E-state index contributed by atoms with van der Waals surface area (Å²) in [6.07, 6.45) is 0.486. The minimum atomic E-state index is -0.609. The number of carbonyl (C=O) groups excluding carboxylic acids is 1. The highest BCUT2D eigenvalue weighted by Crippen LogP contribution is 2.23. The number of esters is 1. The van der Waals surface area contributed by atoms with E-state index in [2.05, 4.69) is 48.9 Å².